The van der Waals surface area contributed by atoms with E-state index in [4.69, 9.17) is 4.74 Å². The van der Waals surface area contributed by atoms with E-state index in [0.717, 1.165) is 69.4 Å². The number of carboxylic acids is 1. The van der Waals surface area contributed by atoms with Crippen molar-refractivity contribution >= 4 is 12.3 Å². The molecule has 3 unspecified atom stereocenters. The monoisotopic (exact) mass is 748 g/mol. The first kappa shape index (κ1) is 39.5. The van der Waals surface area contributed by atoms with Gasteiger partial charge in [-0.3, -0.25) is 19.5 Å². The molecular formula is C47H77N3O4. The summed E-state index contributed by atoms with van der Waals surface area (Å²) in [5.74, 6) is 1.83. The summed E-state index contributed by atoms with van der Waals surface area (Å²) in [6, 6.07) is 0.820. The first-order valence-corrected chi connectivity index (χ1v) is 23.4. The molecule has 0 aromatic carbocycles. The van der Waals surface area contributed by atoms with E-state index in [-0.39, 0.29) is 30.0 Å². The van der Waals surface area contributed by atoms with E-state index in [0.29, 0.717) is 24.2 Å². The lowest BCUT2D eigenvalue weighted by Crippen LogP contribution is -2.65. The number of carboxylic acid groups (broad SMARTS) is 1. The van der Waals surface area contributed by atoms with Gasteiger partial charge in [0.1, 0.15) is 11.7 Å². The van der Waals surface area contributed by atoms with Crippen LogP contribution in [0.2, 0.25) is 0 Å². The molecule has 8 rings (SSSR count). The van der Waals surface area contributed by atoms with Crippen LogP contribution >= 0.6 is 0 Å². The summed E-state index contributed by atoms with van der Waals surface area (Å²) in [6.45, 7) is 18.2. The van der Waals surface area contributed by atoms with E-state index >= 15 is 0 Å². The van der Waals surface area contributed by atoms with Crippen LogP contribution in [-0.4, -0.2) is 103 Å². The van der Waals surface area contributed by atoms with Gasteiger partial charge in [0.05, 0.1) is 17.6 Å². The molecule has 54 heavy (non-hydrogen) atoms. The molecular weight excluding hydrogens is 671 g/mol. The number of fused-ring (bicyclic) bond motifs is 2. The van der Waals surface area contributed by atoms with Crippen LogP contribution in [0.1, 0.15) is 143 Å². The summed E-state index contributed by atoms with van der Waals surface area (Å²) in [6.07, 6.45) is 25.7. The standard InChI is InChI=1S/C47H77N3O4/c1-5-6-12-19-49(21-20-48-22-24-50(25-23-48)38-15-8-7-9-16-38)31-42-36(26-35-13-10-11-14-35)27-43(54-42)46-30-39-34(4)17-18-40(39)45(32-51)29-37(46)28-41(33(2)3)47(45,46)44(52)53/h28,32-40,42-43H,5-27,29-31H2,1-4H3,(H,52,53)/t34-,36-,37?,39-,40-,42+,43-,45?,46?,47+/m1/s1. The highest BCUT2D eigenvalue weighted by Crippen LogP contribution is 2.84. The molecule has 1 N–H and O–H groups in total. The van der Waals surface area contributed by atoms with E-state index in [2.05, 4.69) is 48.5 Å². The minimum Gasteiger partial charge on any atom is -0.481 e. The van der Waals surface area contributed by atoms with Gasteiger partial charge in [-0.2, -0.15) is 0 Å². The predicted octanol–water partition coefficient (Wildman–Crippen LogP) is 8.71. The summed E-state index contributed by atoms with van der Waals surface area (Å²) >= 11 is 0. The van der Waals surface area contributed by atoms with Crippen LogP contribution in [0.15, 0.2) is 11.6 Å². The van der Waals surface area contributed by atoms with Crippen LogP contribution in [0.25, 0.3) is 0 Å². The van der Waals surface area contributed by atoms with Crippen LogP contribution in [0.4, 0.5) is 0 Å². The molecule has 4 bridgehead atoms. The van der Waals surface area contributed by atoms with Gasteiger partial charge in [0.15, 0.2) is 0 Å². The highest BCUT2D eigenvalue weighted by molar-refractivity contribution is 5.90. The second-order valence-corrected chi connectivity index (χ2v) is 20.6. The molecule has 7 fully saturated rings. The summed E-state index contributed by atoms with van der Waals surface area (Å²) in [7, 11) is 0. The Labute approximate surface area is 328 Å². The van der Waals surface area contributed by atoms with Crippen molar-refractivity contribution in [3.63, 3.8) is 0 Å². The Bertz CT molecular complexity index is 1350. The maximum absolute atomic E-state index is 14.3. The normalized spacial score (nSPS) is 41.7. The van der Waals surface area contributed by atoms with Gasteiger partial charge < -0.3 is 14.6 Å². The topological polar surface area (TPSA) is 73.3 Å². The summed E-state index contributed by atoms with van der Waals surface area (Å²) in [5, 5.41) is 11.8. The van der Waals surface area contributed by atoms with E-state index in [1.165, 1.54) is 116 Å². The van der Waals surface area contributed by atoms with Crippen LogP contribution in [0.3, 0.4) is 0 Å². The molecule has 0 aromatic heterocycles. The first-order valence-electron chi connectivity index (χ1n) is 23.4. The third-order valence-corrected chi connectivity index (χ3v) is 17.8. The predicted molar refractivity (Wildman–Crippen MR) is 216 cm³/mol. The van der Waals surface area contributed by atoms with E-state index in [9.17, 15) is 14.7 Å². The molecule has 2 heterocycles. The number of allylic oxidation sites excluding steroid dienone is 1. The van der Waals surface area contributed by atoms with Crippen molar-refractivity contribution in [2.75, 3.05) is 52.4 Å². The average molecular weight is 748 g/mol. The number of carbonyl (C=O) groups is 2. The number of carbonyl (C=O) groups excluding carboxylic acids is 1. The zero-order valence-corrected chi connectivity index (χ0v) is 34.8. The van der Waals surface area contributed by atoms with Crippen molar-refractivity contribution in [3.8, 4) is 0 Å². The number of hydrogen-bond donors (Lipinski definition) is 1. The molecule has 0 spiro atoms. The van der Waals surface area contributed by atoms with Crippen LogP contribution < -0.4 is 0 Å². The highest BCUT2D eigenvalue weighted by Gasteiger charge is 2.86. The van der Waals surface area contributed by atoms with Crippen LogP contribution in [0.5, 0.6) is 0 Å². The number of nitrogens with zero attached hydrogens (tertiary/aromatic N) is 3. The van der Waals surface area contributed by atoms with E-state index in [1.54, 1.807) is 0 Å². The molecule has 7 heteroatoms. The molecule has 0 aromatic rings. The van der Waals surface area contributed by atoms with Crippen molar-refractivity contribution in [2.24, 2.45) is 57.7 Å². The zero-order valence-electron chi connectivity index (χ0n) is 34.8. The van der Waals surface area contributed by atoms with Crippen LogP contribution in [0, 0.1) is 57.7 Å². The largest absolute Gasteiger partial charge is 0.481 e. The number of piperazine rings is 1. The molecule has 2 aliphatic heterocycles. The molecule has 6 aliphatic carbocycles. The quantitative estimate of drug-likeness (QED) is 0.0963. The Morgan fingerprint density at radius 1 is 0.981 bits per heavy atom. The van der Waals surface area contributed by atoms with Crippen molar-refractivity contribution in [2.45, 2.75) is 162 Å². The summed E-state index contributed by atoms with van der Waals surface area (Å²) in [5.41, 5.74) is -1.45. The second-order valence-electron chi connectivity index (χ2n) is 20.6. The number of ether oxygens (including phenoxy) is 1. The Balaban J connectivity index is 1.05. The summed E-state index contributed by atoms with van der Waals surface area (Å²) < 4.78 is 7.64. The number of aldehydes is 1. The van der Waals surface area contributed by atoms with Gasteiger partial charge in [-0.1, -0.05) is 104 Å². The second kappa shape index (κ2) is 16.2. The fraction of sp³-hybridized carbons (Fsp3) is 0.915. The van der Waals surface area contributed by atoms with E-state index < -0.39 is 22.2 Å². The maximum atomic E-state index is 14.3. The molecule has 304 valence electrons. The van der Waals surface area contributed by atoms with Crippen molar-refractivity contribution in [1.29, 1.82) is 0 Å². The molecule has 0 amide bonds. The molecule has 8 aliphatic rings. The van der Waals surface area contributed by atoms with Gasteiger partial charge in [-0.25, -0.2) is 0 Å². The third-order valence-electron chi connectivity index (χ3n) is 17.8. The Morgan fingerprint density at radius 3 is 2.41 bits per heavy atom. The molecule has 7 nitrogen and oxygen atoms in total. The SMILES string of the molecule is CCCCCN(CCN1CCN(C2CCCCC2)CC1)C[C@@H]1O[C@@H](C23C[C@@H]4[C@H](C)CC[C@H]4C4(C=O)CC2C=C(C(C)C)[C@]43C(=O)O)C[C@H]1CC1CCCC1. The Morgan fingerprint density at radius 2 is 1.72 bits per heavy atom. The van der Waals surface area contributed by atoms with Gasteiger partial charge in [-0.05, 0) is 99.3 Å². The van der Waals surface area contributed by atoms with Gasteiger partial charge in [-0.15, -0.1) is 0 Å². The van der Waals surface area contributed by atoms with Gasteiger partial charge >= 0.3 is 5.97 Å². The number of rotatable bonds is 16. The lowest BCUT2D eigenvalue weighted by Gasteiger charge is -2.60. The molecule has 0 radical (unpaired) electrons. The van der Waals surface area contributed by atoms with Crippen molar-refractivity contribution < 1.29 is 19.4 Å². The molecule has 10 atom stereocenters. The number of hydrogen-bond acceptors (Lipinski definition) is 6. The lowest BCUT2D eigenvalue weighted by atomic mass is 9.41. The number of unbranched alkanes of at least 4 members (excludes halogenated alkanes) is 2. The number of aliphatic carboxylic acids is 1. The molecule has 5 saturated carbocycles. The fourth-order valence-electron chi connectivity index (χ4n) is 15.3. The zero-order chi connectivity index (χ0) is 37.7. The van der Waals surface area contributed by atoms with Crippen molar-refractivity contribution in [3.05, 3.63) is 11.6 Å². The van der Waals surface area contributed by atoms with Gasteiger partial charge in [0, 0.05) is 57.3 Å². The molecule has 2 saturated heterocycles. The lowest BCUT2D eigenvalue weighted by molar-refractivity contribution is -0.197. The minimum absolute atomic E-state index is 0.102. The smallest absolute Gasteiger partial charge is 0.315 e. The average Bonchev–Trinajstić information content (AvgIpc) is 4.00. The third kappa shape index (κ3) is 6.42. The highest BCUT2D eigenvalue weighted by atomic mass is 16.5. The Hall–Kier alpha value is -1.28. The maximum Gasteiger partial charge on any atom is 0.315 e. The fourth-order valence-corrected chi connectivity index (χ4v) is 15.3. The van der Waals surface area contributed by atoms with Crippen molar-refractivity contribution in [1.82, 2.24) is 14.7 Å². The Kier molecular flexibility index (Phi) is 11.8. The first-order chi connectivity index (χ1) is 26.2. The summed E-state index contributed by atoms with van der Waals surface area (Å²) in [4.78, 5) is 36.4. The van der Waals surface area contributed by atoms with E-state index in [1.807, 2.05) is 0 Å². The van der Waals surface area contributed by atoms with Gasteiger partial charge in [0.2, 0.25) is 0 Å². The van der Waals surface area contributed by atoms with Crippen LogP contribution in [-0.2, 0) is 14.3 Å². The minimum atomic E-state index is -1.15. The van der Waals surface area contributed by atoms with Gasteiger partial charge in [0.25, 0.3) is 0 Å².